The summed E-state index contributed by atoms with van der Waals surface area (Å²) in [7, 11) is -4.65. The SMILES string of the molecule is O=C(O)CC[C@H](NC(=O)CP(=O)(O)O)C(=O)N1CCC[C@H]1C(=O)O. The highest BCUT2D eigenvalue weighted by atomic mass is 31.2. The second-order valence-corrected chi connectivity index (χ2v) is 7.05. The molecular formula is C12H19N2O9P. The molecule has 0 aliphatic carbocycles. The minimum absolute atomic E-state index is 0.147. The molecule has 0 bridgehead atoms. The molecule has 5 N–H and O–H groups in total. The van der Waals surface area contributed by atoms with Crippen LogP contribution in [-0.4, -0.2) is 73.4 Å². The molecule has 1 rings (SSSR count). The molecule has 0 aromatic heterocycles. The Morgan fingerprint density at radius 2 is 1.83 bits per heavy atom. The number of carbonyl (C=O) groups is 4. The van der Waals surface area contributed by atoms with Crippen LogP contribution in [0.1, 0.15) is 25.7 Å². The molecule has 0 spiro atoms. The zero-order valence-electron chi connectivity index (χ0n) is 12.6. The lowest BCUT2D eigenvalue weighted by Crippen LogP contribution is -2.52. The van der Waals surface area contributed by atoms with E-state index in [2.05, 4.69) is 5.32 Å². The van der Waals surface area contributed by atoms with Crippen LogP contribution in [0.2, 0.25) is 0 Å². The van der Waals surface area contributed by atoms with Crippen LogP contribution < -0.4 is 5.32 Å². The molecule has 0 unspecified atom stereocenters. The van der Waals surface area contributed by atoms with E-state index in [-0.39, 0.29) is 19.4 Å². The van der Waals surface area contributed by atoms with Gasteiger partial charge in [-0.15, -0.1) is 0 Å². The third-order valence-electron chi connectivity index (χ3n) is 3.45. The van der Waals surface area contributed by atoms with E-state index < -0.39 is 56.0 Å². The van der Waals surface area contributed by atoms with Crippen molar-refractivity contribution in [2.45, 2.75) is 37.8 Å². The maximum Gasteiger partial charge on any atom is 0.334 e. The van der Waals surface area contributed by atoms with E-state index in [1.54, 1.807) is 0 Å². The first-order valence-electron chi connectivity index (χ1n) is 7.10. The first kappa shape index (κ1) is 20.1. The summed E-state index contributed by atoms with van der Waals surface area (Å²) in [6, 6.07) is -2.43. The van der Waals surface area contributed by atoms with E-state index in [1.807, 2.05) is 0 Å². The molecule has 0 radical (unpaired) electrons. The lowest BCUT2D eigenvalue weighted by Gasteiger charge is -2.27. The van der Waals surface area contributed by atoms with Crippen LogP contribution in [-0.2, 0) is 23.7 Å². The van der Waals surface area contributed by atoms with E-state index in [0.29, 0.717) is 6.42 Å². The highest BCUT2D eigenvalue weighted by Crippen LogP contribution is 2.33. The van der Waals surface area contributed by atoms with Gasteiger partial charge in [-0.05, 0) is 19.3 Å². The van der Waals surface area contributed by atoms with Gasteiger partial charge >= 0.3 is 19.5 Å². The third-order valence-corrected chi connectivity index (χ3v) is 4.15. The smallest absolute Gasteiger partial charge is 0.334 e. The molecule has 1 aliphatic heterocycles. The van der Waals surface area contributed by atoms with E-state index in [1.165, 1.54) is 0 Å². The van der Waals surface area contributed by atoms with E-state index in [0.717, 1.165) is 4.90 Å². The third kappa shape index (κ3) is 6.26. The van der Waals surface area contributed by atoms with Crippen molar-refractivity contribution in [2.24, 2.45) is 0 Å². The van der Waals surface area contributed by atoms with Crippen molar-refractivity contribution in [3.8, 4) is 0 Å². The molecule has 2 atom stereocenters. The standard InChI is InChI=1S/C12H19N2O9P/c15-9(6-24(21,22)23)13-7(3-4-10(16)17)11(18)14-5-1-2-8(14)12(19)20/h7-8H,1-6H2,(H,13,15)(H,16,17)(H,19,20)(H2,21,22,23)/t7-,8-/m0/s1. The van der Waals surface area contributed by atoms with Gasteiger partial charge in [0.15, 0.2) is 0 Å². The van der Waals surface area contributed by atoms with Crippen molar-refractivity contribution in [3.05, 3.63) is 0 Å². The van der Waals surface area contributed by atoms with Gasteiger partial charge in [0, 0.05) is 13.0 Å². The second kappa shape index (κ2) is 8.22. The molecule has 12 heteroatoms. The highest BCUT2D eigenvalue weighted by Gasteiger charge is 2.38. The number of amides is 2. The minimum Gasteiger partial charge on any atom is -0.481 e. The Hall–Kier alpha value is -1.97. The quantitative estimate of drug-likeness (QED) is 0.322. The Bertz CT molecular complexity index is 573. The summed E-state index contributed by atoms with van der Waals surface area (Å²) in [6.07, 6.45) is -1.25. The number of hydrogen-bond acceptors (Lipinski definition) is 5. The van der Waals surface area contributed by atoms with Gasteiger partial charge in [0.2, 0.25) is 11.8 Å². The van der Waals surface area contributed by atoms with Crippen molar-refractivity contribution in [2.75, 3.05) is 12.7 Å². The van der Waals surface area contributed by atoms with Crippen LogP contribution in [0.4, 0.5) is 0 Å². The maximum absolute atomic E-state index is 12.4. The number of rotatable bonds is 8. The summed E-state index contributed by atoms with van der Waals surface area (Å²) >= 11 is 0. The number of carboxylic acid groups (broad SMARTS) is 2. The van der Waals surface area contributed by atoms with Crippen molar-refractivity contribution < 1.29 is 43.7 Å². The Morgan fingerprint density at radius 1 is 1.21 bits per heavy atom. The first-order valence-corrected chi connectivity index (χ1v) is 8.90. The van der Waals surface area contributed by atoms with E-state index in [9.17, 15) is 23.7 Å². The van der Waals surface area contributed by atoms with Crippen LogP contribution in [0.5, 0.6) is 0 Å². The fourth-order valence-electron chi connectivity index (χ4n) is 2.44. The lowest BCUT2D eigenvalue weighted by molar-refractivity contribution is -0.149. The van der Waals surface area contributed by atoms with E-state index >= 15 is 0 Å². The predicted octanol–water partition coefficient (Wildman–Crippen LogP) is -1.41. The molecule has 0 aromatic carbocycles. The molecule has 0 saturated carbocycles. The molecule has 2 amide bonds. The van der Waals surface area contributed by atoms with Gasteiger partial charge in [-0.25, -0.2) is 4.79 Å². The van der Waals surface area contributed by atoms with Gasteiger partial charge in [-0.2, -0.15) is 0 Å². The van der Waals surface area contributed by atoms with Crippen molar-refractivity contribution in [1.82, 2.24) is 10.2 Å². The number of nitrogens with one attached hydrogen (secondary N) is 1. The molecule has 1 saturated heterocycles. The van der Waals surface area contributed by atoms with Gasteiger partial charge in [-0.1, -0.05) is 0 Å². The number of carbonyl (C=O) groups excluding carboxylic acids is 2. The number of nitrogens with zero attached hydrogens (tertiary/aromatic N) is 1. The summed E-state index contributed by atoms with van der Waals surface area (Å²) in [4.78, 5) is 64.4. The molecule has 1 heterocycles. The topological polar surface area (TPSA) is 182 Å². The molecule has 11 nitrogen and oxygen atoms in total. The summed E-state index contributed by atoms with van der Waals surface area (Å²) in [5.41, 5.74) is 0. The summed E-state index contributed by atoms with van der Waals surface area (Å²) in [6.45, 7) is 0.147. The normalized spacial score (nSPS) is 18.9. The van der Waals surface area contributed by atoms with Crippen LogP contribution >= 0.6 is 7.60 Å². The zero-order chi connectivity index (χ0) is 18.5. The maximum atomic E-state index is 12.4. The van der Waals surface area contributed by atoms with Crippen LogP contribution in [0.25, 0.3) is 0 Å². The van der Waals surface area contributed by atoms with E-state index in [4.69, 9.17) is 20.0 Å². The minimum atomic E-state index is -4.65. The molecule has 24 heavy (non-hydrogen) atoms. The number of aliphatic carboxylic acids is 2. The Labute approximate surface area is 136 Å². The summed E-state index contributed by atoms with van der Waals surface area (Å²) < 4.78 is 10.8. The Kier molecular flexibility index (Phi) is 6.88. The number of carboxylic acids is 2. The monoisotopic (exact) mass is 366 g/mol. The molecular weight excluding hydrogens is 347 g/mol. The predicted molar refractivity (Wildman–Crippen MR) is 78.1 cm³/mol. The number of hydrogen-bond donors (Lipinski definition) is 5. The van der Waals surface area contributed by atoms with Crippen LogP contribution in [0, 0.1) is 0 Å². The zero-order valence-corrected chi connectivity index (χ0v) is 13.5. The summed E-state index contributed by atoms with van der Waals surface area (Å²) in [5.74, 6) is -4.33. The van der Waals surface area contributed by atoms with Crippen molar-refractivity contribution >= 4 is 31.3 Å². The lowest BCUT2D eigenvalue weighted by atomic mass is 10.1. The molecule has 0 aromatic rings. The Balaban J connectivity index is 2.85. The molecule has 1 fully saturated rings. The van der Waals surface area contributed by atoms with Gasteiger partial charge < -0.3 is 30.2 Å². The second-order valence-electron chi connectivity index (χ2n) is 5.40. The fraction of sp³-hybridized carbons (Fsp3) is 0.667. The van der Waals surface area contributed by atoms with Gasteiger partial charge in [0.25, 0.3) is 0 Å². The Morgan fingerprint density at radius 3 is 2.33 bits per heavy atom. The first-order chi connectivity index (χ1) is 11.0. The average Bonchev–Trinajstić information content (AvgIpc) is 2.89. The molecule has 1 aliphatic rings. The summed E-state index contributed by atoms with van der Waals surface area (Å²) in [5, 5.41) is 19.9. The van der Waals surface area contributed by atoms with Crippen molar-refractivity contribution in [3.63, 3.8) is 0 Å². The van der Waals surface area contributed by atoms with Gasteiger partial charge in [-0.3, -0.25) is 18.9 Å². The van der Waals surface area contributed by atoms with Crippen LogP contribution in [0.3, 0.4) is 0 Å². The van der Waals surface area contributed by atoms with Gasteiger partial charge in [0.05, 0.1) is 0 Å². The van der Waals surface area contributed by atoms with Crippen LogP contribution in [0.15, 0.2) is 0 Å². The number of likely N-dealkylation sites (tertiary alicyclic amines) is 1. The average molecular weight is 366 g/mol. The largest absolute Gasteiger partial charge is 0.481 e. The highest BCUT2D eigenvalue weighted by molar-refractivity contribution is 7.52. The van der Waals surface area contributed by atoms with Gasteiger partial charge in [0.1, 0.15) is 18.2 Å². The molecule has 136 valence electrons. The fourth-order valence-corrected chi connectivity index (χ4v) is 2.91. The van der Waals surface area contributed by atoms with Crippen molar-refractivity contribution in [1.29, 1.82) is 0 Å².